The monoisotopic (exact) mass is 249 g/mol. The van der Waals surface area contributed by atoms with Crippen molar-refractivity contribution < 1.29 is 5.11 Å². The third kappa shape index (κ3) is 2.52. The topological polar surface area (TPSA) is 78.0 Å². The Hall–Kier alpha value is -1.46. The molecule has 1 aliphatic carbocycles. The normalized spacial score (nSPS) is 15.7. The molecule has 1 aliphatic rings. The first-order chi connectivity index (χ1) is 8.63. The first-order valence-electron chi connectivity index (χ1n) is 6.23. The zero-order chi connectivity index (χ0) is 13.1. The number of hydrogen-bond donors (Lipinski definition) is 3. The van der Waals surface area contributed by atoms with E-state index in [-0.39, 0.29) is 18.2 Å². The van der Waals surface area contributed by atoms with Crippen LogP contribution in [0.1, 0.15) is 25.1 Å². The van der Waals surface area contributed by atoms with Gasteiger partial charge in [0.05, 0.1) is 18.6 Å². The lowest BCUT2D eigenvalue weighted by Crippen LogP contribution is -2.37. The smallest absolute Gasteiger partial charge is 0.254 e. The molecule has 0 aliphatic heterocycles. The van der Waals surface area contributed by atoms with Gasteiger partial charge < -0.3 is 15.4 Å². The molecule has 0 spiro atoms. The maximum atomic E-state index is 11.6. The van der Waals surface area contributed by atoms with Crippen LogP contribution in [-0.4, -0.2) is 34.3 Å². The number of fused-ring (bicyclic) bond motifs is 1. The number of allylic oxidation sites excluding steroid dienone is 1. The van der Waals surface area contributed by atoms with Crippen molar-refractivity contribution in [3.63, 3.8) is 0 Å². The maximum absolute atomic E-state index is 11.6. The van der Waals surface area contributed by atoms with E-state index in [1.807, 2.05) is 6.08 Å². The lowest BCUT2D eigenvalue weighted by Gasteiger charge is -2.20. The second-order valence-corrected chi connectivity index (χ2v) is 4.91. The van der Waals surface area contributed by atoms with Crippen molar-refractivity contribution in [2.45, 2.75) is 26.3 Å². The Morgan fingerprint density at radius 2 is 2.33 bits per heavy atom. The summed E-state index contributed by atoms with van der Waals surface area (Å²) in [5.74, 6) is 0.364. The van der Waals surface area contributed by atoms with Gasteiger partial charge in [-0.3, -0.25) is 4.79 Å². The Bertz CT molecular complexity index is 505. The minimum Gasteiger partial charge on any atom is -0.395 e. The number of aliphatic hydroxyl groups excluding tert-OH is 1. The molecule has 2 rings (SSSR count). The molecule has 0 radical (unpaired) electrons. The molecular formula is C13H19N3O2. The molecule has 1 aromatic heterocycles. The summed E-state index contributed by atoms with van der Waals surface area (Å²) in [6, 6.07) is 0.0666. The van der Waals surface area contributed by atoms with Crippen LogP contribution >= 0.6 is 0 Å². The summed E-state index contributed by atoms with van der Waals surface area (Å²) < 4.78 is 0. The Balaban J connectivity index is 2.06. The fourth-order valence-electron chi connectivity index (χ4n) is 2.12. The van der Waals surface area contributed by atoms with Crippen LogP contribution in [0.4, 0.5) is 0 Å². The number of aliphatic hydroxyl groups is 1. The second-order valence-electron chi connectivity index (χ2n) is 4.91. The summed E-state index contributed by atoms with van der Waals surface area (Å²) in [6.45, 7) is 4.87. The predicted octanol–water partition coefficient (Wildman–Crippen LogP) is 0.316. The van der Waals surface area contributed by atoms with E-state index in [2.05, 4.69) is 29.1 Å². The van der Waals surface area contributed by atoms with Crippen molar-refractivity contribution in [2.24, 2.45) is 5.92 Å². The highest BCUT2D eigenvalue weighted by Crippen LogP contribution is 2.21. The third-order valence-electron chi connectivity index (χ3n) is 3.36. The summed E-state index contributed by atoms with van der Waals surface area (Å²) in [6.07, 6.45) is 4.10. The van der Waals surface area contributed by atoms with Gasteiger partial charge >= 0.3 is 0 Å². The molecule has 0 unspecified atom stereocenters. The van der Waals surface area contributed by atoms with E-state index in [4.69, 9.17) is 0 Å². The first-order valence-corrected chi connectivity index (χ1v) is 6.23. The summed E-state index contributed by atoms with van der Waals surface area (Å²) in [5.41, 5.74) is 2.50. The van der Waals surface area contributed by atoms with Gasteiger partial charge in [-0.1, -0.05) is 19.9 Å². The van der Waals surface area contributed by atoms with Crippen LogP contribution in [0.5, 0.6) is 0 Å². The maximum Gasteiger partial charge on any atom is 0.254 e. The molecule has 0 saturated heterocycles. The van der Waals surface area contributed by atoms with Gasteiger partial charge in [0, 0.05) is 18.2 Å². The Kier molecular flexibility index (Phi) is 3.93. The van der Waals surface area contributed by atoms with Crippen LogP contribution in [0.2, 0.25) is 0 Å². The molecule has 98 valence electrons. The van der Waals surface area contributed by atoms with Crippen molar-refractivity contribution in [1.29, 1.82) is 0 Å². The molecule has 0 bridgehead atoms. The largest absolute Gasteiger partial charge is 0.395 e. The standard InChI is InChI=1S/C13H19N3O2/c1-8(2)11(6-17)14-5-9-3-4-10-12(9)15-7-16-13(10)18/h3,7-8,11,14,17H,4-6H2,1-2H3,(H,15,16,18)/t11-/m0/s1. The van der Waals surface area contributed by atoms with Crippen molar-refractivity contribution in [3.8, 4) is 0 Å². The van der Waals surface area contributed by atoms with E-state index in [1.165, 1.54) is 6.33 Å². The van der Waals surface area contributed by atoms with Gasteiger partial charge in [-0.15, -0.1) is 0 Å². The summed E-state index contributed by atoms with van der Waals surface area (Å²) >= 11 is 0. The number of rotatable bonds is 5. The van der Waals surface area contributed by atoms with E-state index in [0.717, 1.165) is 16.8 Å². The summed E-state index contributed by atoms with van der Waals surface area (Å²) in [4.78, 5) is 18.4. The first kappa shape index (κ1) is 13.0. The van der Waals surface area contributed by atoms with Crippen LogP contribution in [0.3, 0.4) is 0 Å². The molecule has 5 heteroatoms. The van der Waals surface area contributed by atoms with E-state index >= 15 is 0 Å². The minimum absolute atomic E-state index is 0.0613. The molecule has 3 N–H and O–H groups in total. The quantitative estimate of drug-likeness (QED) is 0.702. The van der Waals surface area contributed by atoms with Gasteiger partial charge in [0.25, 0.3) is 5.56 Å². The highest BCUT2D eigenvalue weighted by molar-refractivity contribution is 5.70. The van der Waals surface area contributed by atoms with Gasteiger partial charge in [-0.05, 0) is 17.9 Å². The molecule has 5 nitrogen and oxygen atoms in total. The van der Waals surface area contributed by atoms with Gasteiger partial charge in [0.1, 0.15) is 0 Å². The molecular weight excluding hydrogens is 230 g/mol. The minimum atomic E-state index is -0.0613. The second kappa shape index (κ2) is 5.46. The van der Waals surface area contributed by atoms with E-state index < -0.39 is 0 Å². The molecule has 18 heavy (non-hydrogen) atoms. The molecule has 1 atom stereocenters. The number of H-pyrrole nitrogens is 1. The average molecular weight is 249 g/mol. The lowest BCUT2D eigenvalue weighted by atomic mass is 10.0. The molecule has 1 heterocycles. The van der Waals surface area contributed by atoms with E-state index in [9.17, 15) is 9.90 Å². The van der Waals surface area contributed by atoms with Gasteiger partial charge in [0.15, 0.2) is 0 Å². The zero-order valence-corrected chi connectivity index (χ0v) is 10.7. The van der Waals surface area contributed by atoms with Gasteiger partial charge in [-0.2, -0.15) is 0 Å². The fourth-order valence-corrected chi connectivity index (χ4v) is 2.12. The van der Waals surface area contributed by atoms with Crippen molar-refractivity contribution in [3.05, 3.63) is 34.0 Å². The number of nitrogens with one attached hydrogen (secondary N) is 2. The molecule has 0 fully saturated rings. The summed E-state index contributed by atoms with van der Waals surface area (Å²) in [7, 11) is 0. The van der Waals surface area contributed by atoms with Crippen LogP contribution < -0.4 is 10.9 Å². The lowest BCUT2D eigenvalue weighted by molar-refractivity contribution is 0.215. The van der Waals surface area contributed by atoms with Crippen LogP contribution in [-0.2, 0) is 6.42 Å². The Labute approximate surface area is 106 Å². The highest BCUT2D eigenvalue weighted by Gasteiger charge is 2.19. The third-order valence-corrected chi connectivity index (χ3v) is 3.36. The van der Waals surface area contributed by atoms with Crippen LogP contribution in [0.25, 0.3) is 5.57 Å². The molecule has 1 aromatic rings. The average Bonchev–Trinajstić information content (AvgIpc) is 2.74. The summed E-state index contributed by atoms with van der Waals surface area (Å²) in [5, 5.41) is 12.6. The fraction of sp³-hybridized carbons (Fsp3) is 0.538. The number of aromatic nitrogens is 2. The molecule has 0 saturated carbocycles. The van der Waals surface area contributed by atoms with Gasteiger partial charge in [0.2, 0.25) is 0 Å². The Morgan fingerprint density at radius 3 is 3.00 bits per heavy atom. The molecule has 0 aromatic carbocycles. The SMILES string of the molecule is CC(C)[C@H](CO)NCC1=CCc2c1nc[nH]c2=O. The van der Waals surface area contributed by atoms with Crippen LogP contribution in [0, 0.1) is 5.92 Å². The van der Waals surface area contributed by atoms with Crippen molar-refractivity contribution in [2.75, 3.05) is 13.2 Å². The van der Waals surface area contributed by atoms with Crippen LogP contribution in [0.15, 0.2) is 17.2 Å². The predicted molar refractivity (Wildman–Crippen MR) is 70.3 cm³/mol. The van der Waals surface area contributed by atoms with E-state index in [0.29, 0.717) is 18.9 Å². The molecule has 0 amide bonds. The van der Waals surface area contributed by atoms with E-state index in [1.54, 1.807) is 0 Å². The number of aromatic amines is 1. The number of nitrogens with zero attached hydrogens (tertiary/aromatic N) is 1. The Morgan fingerprint density at radius 1 is 1.56 bits per heavy atom. The number of hydrogen-bond acceptors (Lipinski definition) is 4. The van der Waals surface area contributed by atoms with Crippen molar-refractivity contribution >= 4 is 5.57 Å². The van der Waals surface area contributed by atoms with Gasteiger partial charge in [-0.25, -0.2) is 4.98 Å². The highest BCUT2D eigenvalue weighted by atomic mass is 16.3. The zero-order valence-electron chi connectivity index (χ0n) is 10.7. The van der Waals surface area contributed by atoms with Crippen molar-refractivity contribution in [1.82, 2.24) is 15.3 Å².